The van der Waals surface area contributed by atoms with Gasteiger partial charge in [0.25, 0.3) is 0 Å². The van der Waals surface area contributed by atoms with Crippen LogP contribution in [0.4, 0.5) is 5.69 Å². The first-order valence-electron chi connectivity index (χ1n) is 6.96. The number of carbonyl (C=O) groups excluding carboxylic acids is 1. The Balaban J connectivity index is 1.95. The summed E-state index contributed by atoms with van der Waals surface area (Å²) in [5.74, 6) is 0.114. The van der Waals surface area contributed by atoms with E-state index in [2.05, 4.69) is 55.4 Å². The summed E-state index contributed by atoms with van der Waals surface area (Å²) in [5, 5.41) is 2.98. The molecule has 0 spiro atoms. The Kier molecular flexibility index (Phi) is 4.45. The van der Waals surface area contributed by atoms with Crippen molar-refractivity contribution in [3.63, 3.8) is 0 Å². The molecule has 21 heavy (non-hydrogen) atoms. The van der Waals surface area contributed by atoms with E-state index in [1.165, 1.54) is 16.7 Å². The Hall–Kier alpha value is -1.13. The summed E-state index contributed by atoms with van der Waals surface area (Å²) < 4.78 is 1.09. The number of hydrogen-bond donors (Lipinski definition) is 1. The van der Waals surface area contributed by atoms with Gasteiger partial charge in [0.15, 0.2) is 0 Å². The molecule has 0 bridgehead atoms. The number of fused-ring (bicyclic) bond motifs is 1. The zero-order valence-electron chi connectivity index (χ0n) is 11.4. The number of nitrogens with one attached hydrogen (secondary N) is 1. The number of amides is 1. The third-order valence-electron chi connectivity index (χ3n) is 3.72. The lowest BCUT2D eigenvalue weighted by Gasteiger charge is -2.15. The SMILES string of the molecule is O=C1CCCc2cc(C(Br)c3ccccc3Br)ccc2N1. The minimum atomic E-state index is 0.114. The molecule has 1 aliphatic rings. The molecule has 108 valence electrons. The van der Waals surface area contributed by atoms with Gasteiger partial charge in [-0.15, -0.1) is 0 Å². The summed E-state index contributed by atoms with van der Waals surface area (Å²) in [7, 11) is 0. The van der Waals surface area contributed by atoms with Gasteiger partial charge >= 0.3 is 0 Å². The zero-order valence-corrected chi connectivity index (χ0v) is 14.6. The van der Waals surface area contributed by atoms with E-state index in [1.54, 1.807) is 0 Å². The predicted octanol–water partition coefficient (Wildman–Crippen LogP) is 5.21. The number of anilines is 1. The predicted molar refractivity (Wildman–Crippen MR) is 92.9 cm³/mol. The first kappa shape index (κ1) is 14.8. The van der Waals surface area contributed by atoms with Crippen molar-refractivity contribution < 1.29 is 4.79 Å². The van der Waals surface area contributed by atoms with Crippen LogP contribution in [0.15, 0.2) is 46.9 Å². The number of hydrogen-bond acceptors (Lipinski definition) is 1. The van der Waals surface area contributed by atoms with E-state index in [-0.39, 0.29) is 10.7 Å². The second-order valence-corrected chi connectivity index (χ2v) is 6.97. The van der Waals surface area contributed by atoms with Crippen molar-refractivity contribution in [3.05, 3.63) is 63.6 Å². The third kappa shape index (κ3) is 3.22. The maximum Gasteiger partial charge on any atom is 0.224 e. The Morgan fingerprint density at radius 3 is 2.71 bits per heavy atom. The minimum Gasteiger partial charge on any atom is -0.326 e. The van der Waals surface area contributed by atoms with E-state index in [4.69, 9.17) is 0 Å². The number of benzene rings is 2. The highest BCUT2D eigenvalue weighted by Gasteiger charge is 2.17. The monoisotopic (exact) mass is 407 g/mol. The van der Waals surface area contributed by atoms with E-state index >= 15 is 0 Å². The summed E-state index contributed by atoms with van der Waals surface area (Å²) in [6, 6.07) is 14.5. The van der Waals surface area contributed by atoms with Crippen LogP contribution in [0.1, 0.15) is 34.4 Å². The lowest BCUT2D eigenvalue weighted by molar-refractivity contribution is -0.116. The van der Waals surface area contributed by atoms with Gasteiger partial charge in [-0.2, -0.15) is 0 Å². The first-order chi connectivity index (χ1) is 10.1. The second kappa shape index (κ2) is 6.32. The lowest BCUT2D eigenvalue weighted by atomic mass is 9.99. The molecule has 0 radical (unpaired) electrons. The molecular weight excluding hydrogens is 394 g/mol. The average Bonchev–Trinajstić information content (AvgIpc) is 2.67. The summed E-state index contributed by atoms with van der Waals surface area (Å²) in [6.45, 7) is 0. The topological polar surface area (TPSA) is 29.1 Å². The number of rotatable bonds is 2. The van der Waals surface area contributed by atoms with Crippen molar-refractivity contribution in [1.82, 2.24) is 0 Å². The molecule has 0 fully saturated rings. The van der Waals surface area contributed by atoms with Crippen LogP contribution in [0.3, 0.4) is 0 Å². The molecule has 0 aromatic heterocycles. The van der Waals surface area contributed by atoms with Crippen molar-refractivity contribution in [3.8, 4) is 0 Å². The zero-order chi connectivity index (χ0) is 14.8. The number of carbonyl (C=O) groups is 1. The normalized spacial score (nSPS) is 15.8. The van der Waals surface area contributed by atoms with Gasteiger partial charge in [-0.05, 0) is 41.7 Å². The van der Waals surface area contributed by atoms with E-state index in [9.17, 15) is 4.79 Å². The van der Waals surface area contributed by atoms with Gasteiger partial charge in [0.05, 0.1) is 4.83 Å². The van der Waals surface area contributed by atoms with E-state index < -0.39 is 0 Å². The van der Waals surface area contributed by atoms with Crippen LogP contribution < -0.4 is 5.32 Å². The van der Waals surface area contributed by atoms with Crippen molar-refractivity contribution in [1.29, 1.82) is 0 Å². The molecule has 1 heterocycles. The van der Waals surface area contributed by atoms with Gasteiger partial charge < -0.3 is 5.32 Å². The molecule has 4 heteroatoms. The van der Waals surface area contributed by atoms with E-state index in [0.717, 1.165) is 23.0 Å². The maximum atomic E-state index is 11.6. The standard InChI is InChI=1S/C17H15Br2NO/c18-14-6-2-1-5-13(14)17(19)12-8-9-15-11(10-12)4-3-7-16(21)20-15/h1-2,5-6,8-10,17H,3-4,7H2,(H,20,21). The van der Waals surface area contributed by atoms with E-state index in [0.29, 0.717) is 6.42 Å². The molecule has 1 atom stereocenters. The van der Waals surface area contributed by atoms with Crippen LogP contribution in [0.5, 0.6) is 0 Å². The highest BCUT2D eigenvalue weighted by atomic mass is 79.9. The molecular formula is C17H15Br2NO. The molecule has 1 aliphatic heterocycles. The fourth-order valence-electron chi connectivity index (χ4n) is 2.61. The van der Waals surface area contributed by atoms with Crippen LogP contribution >= 0.6 is 31.9 Å². The van der Waals surface area contributed by atoms with Crippen LogP contribution in [-0.4, -0.2) is 5.91 Å². The molecule has 0 saturated carbocycles. The Labute approximate surface area is 141 Å². The molecule has 2 aromatic carbocycles. The second-order valence-electron chi connectivity index (χ2n) is 5.20. The fraction of sp³-hybridized carbons (Fsp3) is 0.235. The van der Waals surface area contributed by atoms with Gasteiger partial charge in [0.2, 0.25) is 5.91 Å². The van der Waals surface area contributed by atoms with Gasteiger partial charge in [0.1, 0.15) is 0 Å². The van der Waals surface area contributed by atoms with Crippen LogP contribution in [0.2, 0.25) is 0 Å². The summed E-state index contributed by atoms with van der Waals surface area (Å²) in [4.78, 5) is 11.7. The van der Waals surface area contributed by atoms with Crippen LogP contribution in [0, 0.1) is 0 Å². The molecule has 0 saturated heterocycles. The van der Waals surface area contributed by atoms with Crippen molar-refractivity contribution in [2.45, 2.75) is 24.1 Å². The molecule has 2 nitrogen and oxygen atoms in total. The van der Waals surface area contributed by atoms with Gasteiger partial charge in [-0.1, -0.05) is 62.2 Å². The Bertz CT molecular complexity index is 684. The van der Waals surface area contributed by atoms with Crippen molar-refractivity contribution in [2.75, 3.05) is 5.32 Å². The van der Waals surface area contributed by atoms with Crippen molar-refractivity contribution in [2.24, 2.45) is 0 Å². The molecule has 1 unspecified atom stereocenters. The van der Waals surface area contributed by atoms with Crippen LogP contribution in [0.25, 0.3) is 0 Å². The van der Waals surface area contributed by atoms with Crippen LogP contribution in [-0.2, 0) is 11.2 Å². The number of aryl methyl sites for hydroxylation is 1. The number of alkyl halides is 1. The lowest BCUT2D eigenvalue weighted by Crippen LogP contribution is -2.09. The molecule has 1 amide bonds. The smallest absolute Gasteiger partial charge is 0.224 e. The Morgan fingerprint density at radius 2 is 1.90 bits per heavy atom. The van der Waals surface area contributed by atoms with Gasteiger partial charge in [-0.25, -0.2) is 0 Å². The van der Waals surface area contributed by atoms with E-state index in [1.807, 2.05) is 24.3 Å². The average molecular weight is 409 g/mol. The molecule has 0 aliphatic carbocycles. The fourth-order valence-corrected chi connectivity index (χ4v) is 4.12. The summed E-state index contributed by atoms with van der Waals surface area (Å²) in [5.41, 5.74) is 4.58. The Morgan fingerprint density at radius 1 is 1.10 bits per heavy atom. The maximum absolute atomic E-state index is 11.6. The minimum absolute atomic E-state index is 0.114. The first-order valence-corrected chi connectivity index (χ1v) is 8.67. The summed E-state index contributed by atoms with van der Waals surface area (Å²) in [6.07, 6.45) is 2.45. The molecule has 1 N–H and O–H groups in total. The highest BCUT2D eigenvalue weighted by Crippen LogP contribution is 2.37. The van der Waals surface area contributed by atoms with Crippen molar-refractivity contribution >= 4 is 43.5 Å². The number of halogens is 2. The highest BCUT2D eigenvalue weighted by molar-refractivity contribution is 9.11. The summed E-state index contributed by atoms with van der Waals surface area (Å²) >= 11 is 7.39. The largest absolute Gasteiger partial charge is 0.326 e. The quantitative estimate of drug-likeness (QED) is 0.679. The van der Waals surface area contributed by atoms with Gasteiger partial charge in [-0.3, -0.25) is 4.79 Å². The molecule has 2 aromatic rings. The van der Waals surface area contributed by atoms with Gasteiger partial charge in [0, 0.05) is 16.6 Å². The third-order valence-corrected chi connectivity index (χ3v) is 5.47. The molecule has 3 rings (SSSR count).